The van der Waals surface area contributed by atoms with Crippen LogP contribution in [0.25, 0.3) is 0 Å². The van der Waals surface area contributed by atoms with Crippen molar-refractivity contribution in [1.29, 1.82) is 0 Å². The molecule has 0 aliphatic carbocycles. The van der Waals surface area contributed by atoms with Gasteiger partial charge in [-0.05, 0) is 25.1 Å². The lowest BCUT2D eigenvalue weighted by Crippen LogP contribution is -2.39. The van der Waals surface area contributed by atoms with E-state index in [1.807, 2.05) is 0 Å². The van der Waals surface area contributed by atoms with Crippen molar-refractivity contribution in [3.05, 3.63) is 28.8 Å². The Bertz CT molecular complexity index is 607. The quantitative estimate of drug-likeness (QED) is 0.807. The molecule has 0 aliphatic rings. The van der Waals surface area contributed by atoms with Crippen molar-refractivity contribution >= 4 is 40.0 Å². The minimum Gasteiger partial charge on any atom is -0.465 e. The molecule has 0 aliphatic heterocycles. The summed E-state index contributed by atoms with van der Waals surface area (Å²) in [5, 5.41) is -0.0380. The largest absolute Gasteiger partial charge is 0.465 e. The maximum Gasteiger partial charge on any atom is 0.337 e. The molecular formula is C12H18Cl2N2O4S. The third-order valence-corrected chi connectivity index (χ3v) is 5.43. The topological polar surface area (TPSA) is 89.7 Å². The first-order chi connectivity index (χ1) is 9.25. The molecule has 21 heavy (non-hydrogen) atoms. The second-order valence-corrected chi connectivity index (χ2v) is 6.62. The molecule has 1 atom stereocenters. The molecule has 0 fully saturated rings. The van der Waals surface area contributed by atoms with E-state index in [1.54, 1.807) is 6.92 Å². The highest BCUT2D eigenvalue weighted by molar-refractivity contribution is 7.89. The number of methoxy groups -OCH3 is 1. The van der Waals surface area contributed by atoms with Gasteiger partial charge < -0.3 is 10.5 Å². The average Bonchev–Trinajstić information content (AvgIpc) is 2.44. The Morgan fingerprint density at radius 3 is 2.48 bits per heavy atom. The zero-order valence-electron chi connectivity index (χ0n) is 11.9. The number of nitrogens with zero attached hydrogens (tertiary/aromatic N) is 1. The van der Waals surface area contributed by atoms with Gasteiger partial charge in [0.25, 0.3) is 0 Å². The fourth-order valence-electron chi connectivity index (χ4n) is 1.50. The van der Waals surface area contributed by atoms with Crippen molar-refractivity contribution in [1.82, 2.24) is 4.31 Å². The molecule has 1 aromatic rings. The zero-order chi connectivity index (χ0) is 15.5. The van der Waals surface area contributed by atoms with E-state index in [1.165, 1.54) is 32.4 Å². The van der Waals surface area contributed by atoms with E-state index in [9.17, 15) is 13.2 Å². The molecule has 120 valence electrons. The molecule has 1 unspecified atom stereocenters. The molecule has 0 bridgehead atoms. The van der Waals surface area contributed by atoms with Gasteiger partial charge in [0.1, 0.15) is 4.90 Å². The van der Waals surface area contributed by atoms with Crippen molar-refractivity contribution in [3.63, 3.8) is 0 Å². The van der Waals surface area contributed by atoms with Crippen molar-refractivity contribution in [2.75, 3.05) is 20.7 Å². The van der Waals surface area contributed by atoms with E-state index in [2.05, 4.69) is 4.74 Å². The monoisotopic (exact) mass is 356 g/mol. The summed E-state index contributed by atoms with van der Waals surface area (Å²) in [7, 11) is -1.10. The molecular weight excluding hydrogens is 339 g/mol. The van der Waals surface area contributed by atoms with Crippen LogP contribution in [0.2, 0.25) is 5.02 Å². The molecule has 0 heterocycles. The van der Waals surface area contributed by atoms with Gasteiger partial charge >= 0.3 is 5.97 Å². The van der Waals surface area contributed by atoms with E-state index >= 15 is 0 Å². The average molecular weight is 357 g/mol. The number of hydrogen-bond acceptors (Lipinski definition) is 5. The number of nitrogens with two attached hydrogens (primary N) is 1. The standard InChI is InChI=1S/C12H17ClN2O4S.ClH/c1-8(7-14)15(2)20(17,18)11-5-4-9(6-10(11)13)12(16)19-3;/h4-6,8H,7,14H2,1-3H3;1H. The van der Waals surface area contributed by atoms with E-state index < -0.39 is 16.0 Å². The number of carbonyl (C=O) groups is 1. The predicted molar refractivity (Wildman–Crippen MR) is 83.5 cm³/mol. The smallest absolute Gasteiger partial charge is 0.337 e. The number of hydrogen-bond donors (Lipinski definition) is 1. The second-order valence-electron chi connectivity index (χ2n) is 4.24. The predicted octanol–water partition coefficient (Wildman–Crippen LogP) is 1.52. The third-order valence-electron chi connectivity index (χ3n) is 2.97. The Hall–Kier alpha value is -0.860. The van der Waals surface area contributed by atoms with Crippen LogP contribution in [0.3, 0.4) is 0 Å². The molecule has 0 amide bonds. The fourth-order valence-corrected chi connectivity index (χ4v) is 3.38. The molecule has 0 aromatic heterocycles. The lowest BCUT2D eigenvalue weighted by Gasteiger charge is -2.23. The Morgan fingerprint density at radius 2 is 2.05 bits per heavy atom. The Morgan fingerprint density at radius 1 is 1.48 bits per heavy atom. The van der Waals surface area contributed by atoms with Crippen LogP contribution in [0, 0.1) is 0 Å². The number of rotatable bonds is 5. The summed E-state index contributed by atoms with van der Waals surface area (Å²) in [6.07, 6.45) is 0. The van der Waals surface area contributed by atoms with Crippen LogP contribution < -0.4 is 5.73 Å². The van der Waals surface area contributed by atoms with Gasteiger partial charge in [-0.25, -0.2) is 13.2 Å². The summed E-state index contributed by atoms with van der Waals surface area (Å²) in [6, 6.07) is 3.53. The number of carbonyl (C=O) groups excluding carboxylic acids is 1. The van der Waals surface area contributed by atoms with Crippen LogP contribution in [0.15, 0.2) is 23.1 Å². The van der Waals surface area contributed by atoms with E-state index in [0.29, 0.717) is 0 Å². The molecule has 2 N–H and O–H groups in total. The molecule has 1 aromatic carbocycles. The minimum absolute atomic E-state index is 0. The SMILES string of the molecule is COC(=O)c1ccc(S(=O)(=O)N(C)C(C)CN)c(Cl)c1.Cl. The van der Waals surface area contributed by atoms with Crippen LogP contribution in [0.5, 0.6) is 0 Å². The van der Waals surface area contributed by atoms with Crippen LogP contribution >= 0.6 is 24.0 Å². The first-order valence-electron chi connectivity index (χ1n) is 5.81. The van der Waals surface area contributed by atoms with Gasteiger partial charge in [0, 0.05) is 19.6 Å². The van der Waals surface area contributed by atoms with Gasteiger partial charge in [-0.1, -0.05) is 11.6 Å². The fraction of sp³-hybridized carbons (Fsp3) is 0.417. The van der Waals surface area contributed by atoms with Crippen LogP contribution in [0.4, 0.5) is 0 Å². The van der Waals surface area contributed by atoms with Crippen molar-refractivity contribution < 1.29 is 17.9 Å². The Balaban J connectivity index is 0.00000400. The summed E-state index contributed by atoms with van der Waals surface area (Å²) < 4.78 is 30.4. The van der Waals surface area contributed by atoms with E-state index in [-0.39, 0.29) is 40.5 Å². The van der Waals surface area contributed by atoms with Gasteiger partial charge in [0.05, 0.1) is 17.7 Å². The van der Waals surface area contributed by atoms with Crippen LogP contribution in [0.1, 0.15) is 17.3 Å². The van der Waals surface area contributed by atoms with E-state index in [0.717, 1.165) is 4.31 Å². The number of benzene rings is 1. The molecule has 1 rings (SSSR count). The van der Waals surface area contributed by atoms with Crippen molar-refractivity contribution in [3.8, 4) is 0 Å². The summed E-state index contributed by atoms with van der Waals surface area (Å²) in [6.45, 7) is 1.88. The molecule has 0 radical (unpaired) electrons. The number of sulfonamides is 1. The lowest BCUT2D eigenvalue weighted by atomic mass is 10.2. The minimum atomic E-state index is -3.76. The van der Waals surface area contributed by atoms with Crippen molar-refractivity contribution in [2.45, 2.75) is 17.9 Å². The zero-order valence-corrected chi connectivity index (χ0v) is 14.3. The highest BCUT2D eigenvalue weighted by Crippen LogP contribution is 2.26. The second kappa shape index (κ2) is 7.95. The first kappa shape index (κ1) is 20.1. The summed E-state index contributed by atoms with van der Waals surface area (Å²) >= 11 is 5.96. The summed E-state index contributed by atoms with van der Waals surface area (Å²) in [5.74, 6) is -0.584. The normalized spacial score (nSPS) is 12.7. The molecule has 0 spiro atoms. The number of ether oxygens (including phenoxy) is 1. The number of halogens is 2. The first-order valence-corrected chi connectivity index (χ1v) is 7.63. The Kier molecular flexibility index (Phi) is 7.63. The highest BCUT2D eigenvalue weighted by Gasteiger charge is 2.27. The number of esters is 1. The van der Waals surface area contributed by atoms with Crippen LogP contribution in [-0.4, -0.2) is 45.4 Å². The summed E-state index contributed by atoms with van der Waals surface area (Å²) in [5.41, 5.74) is 5.65. The molecule has 0 saturated carbocycles. The van der Waals surface area contributed by atoms with Gasteiger partial charge in [-0.3, -0.25) is 0 Å². The van der Waals surface area contributed by atoms with Gasteiger partial charge in [-0.2, -0.15) is 4.31 Å². The Labute approximate surface area is 135 Å². The number of likely N-dealkylation sites (N-methyl/N-ethyl adjacent to an activating group) is 1. The van der Waals surface area contributed by atoms with Gasteiger partial charge in [0.15, 0.2) is 0 Å². The maximum absolute atomic E-state index is 12.4. The summed E-state index contributed by atoms with van der Waals surface area (Å²) in [4.78, 5) is 11.3. The molecule has 6 nitrogen and oxygen atoms in total. The molecule has 0 saturated heterocycles. The van der Waals surface area contributed by atoms with Crippen LogP contribution in [-0.2, 0) is 14.8 Å². The highest BCUT2D eigenvalue weighted by atomic mass is 35.5. The third kappa shape index (κ3) is 4.31. The lowest BCUT2D eigenvalue weighted by molar-refractivity contribution is 0.0600. The van der Waals surface area contributed by atoms with Gasteiger partial charge in [0.2, 0.25) is 10.0 Å². The maximum atomic E-state index is 12.4. The molecule has 9 heteroatoms. The van der Waals surface area contributed by atoms with Gasteiger partial charge in [-0.15, -0.1) is 12.4 Å². The van der Waals surface area contributed by atoms with Crippen molar-refractivity contribution in [2.24, 2.45) is 5.73 Å². The van der Waals surface area contributed by atoms with E-state index in [4.69, 9.17) is 17.3 Å².